The Kier molecular flexibility index (Phi) is 1.98. The van der Waals surface area contributed by atoms with Crippen LogP contribution in [-0.4, -0.2) is 12.5 Å². The molecule has 2 aliphatic rings. The van der Waals surface area contributed by atoms with Gasteiger partial charge in [0.1, 0.15) is 0 Å². The van der Waals surface area contributed by atoms with Crippen LogP contribution >= 0.6 is 0 Å². The maximum atomic E-state index is 11.2. The molecule has 12 heavy (non-hydrogen) atoms. The van der Waals surface area contributed by atoms with Crippen molar-refractivity contribution in [3.63, 3.8) is 0 Å². The molecule has 1 amide bonds. The predicted octanol–water partition coefficient (Wildman–Crippen LogP) is 1.40. The van der Waals surface area contributed by atoms with Crippen molar-refractivity contribution in [1.29, 1.82) is 0 Å². The van der Waals surface area contributed by atoms with Gasteiger partial charge in [0.05, 0.1) is 0 Å². The van der Waals surface area contributed by atoms with E-state index in [0.717, 1.165) is 19.4 Å². The van der Waals surface area contributed by atoms with Crippen molar-refractivity contribution < 1.29 is 4.79 Å². The largest absolute Gasteiger partial charge is 0.356 e. The molecular formula is C10H13NO. The van der Waals surface area contributed by atoms with Gasteiger partial charge in [0.15, 0.2) is 0 Å². The molecule has 1 saturated heterocycles. The highest BCUT2D eigenvalue weighted by Gasteiger charge is 2.20. The van der Waals surface area contributed by atoms with E-state index in [1.54, 1.807) is 0 Å². The van der Waals surface area contributed by atoms with E-state index in [1.807, 2.05) is 0 Å². The third-order valence-electron chi connectivity index (χ3n) is 2.57. The molecule has 1 fully saturated rings. The van der Waals surface area contributed by atoms with Crippen LogP contribution < -0.4 is 5.32 Å². The van der Waals surface area contributed by atoms with Crippen molar-refractivity contribution >= 4 is 5.91 Å². The van der Waals surface area contributed by atoms with Gasteiger partial charge >= 0.3 is 0 Å². The molecule has 2 nitrogen and oxygen atoms in total. The molecule has 1 atom stereocenters. The molecule has 0 radical (unpaired) electrons. The molecule has 1 heterocycles. The lowest BCUT2D eigenvalue weighted by Gasteiger charge is -2.16. The lowest BCUT2D eigenvalue weighted by atomic mass is 9.88. The van der Waals surface area contributed by atoms with Gasteiger partial charge in [-0.1, -0.05) is 23.8 Å². The van der Waals surface area contributed by atoms with E-state index in [9.17, 15) is 4.79 Å². The highest BCUT2D eigenvalue weighted by molar-refractivity contribution is 5.79. The first-order valence-corrected chi connectivity index (χ1v) is 4.48. The summed E-state index contributed by atoms with van der Waals surface area (Å²) < 4.78 is 0. The van der Waals surface area contributed by atoms with E-state index in [-0.39, 0.29) is 5.91 Å². The number of rotatable bonds is 0. The van der Waals surface area contributed by atoms with E-state index in [0.29, 0.717) is 12.3 Å². The average Bonchev–Trinajstić information content (AvgIpc) is 2.25. The zero-order valence-electron chi connectivity index (χ0n) is 7.05. The minimum atomic E-state index is 0.180. The molecule has 1 N–H and O–H groups in total. The lowest BCUT2D eigenvalue weighted by molar-refractivity contribution is -0.120. The first kappa shape index (κ1) is 7.59. The molecule has 0 bridgehead atoms. The summed E-state index contributed by atoms with van der Waals surface area (Å²) >= 11 is 0. The molecule has 1 unspecified atom stereocenters. The first-order chi connectivity index (χ1) is 5.86. The highest BCUT2D eigenvalue weighted by atomic mass is 16.1. The smallest absolute Gasteiger partial charge is 0.224 e. The number of carbonyl (C=O) groups is 1. The number of amides is 1. The van der Waals surface area contributed by atoms with Crippen LogP contribution in [0.1, 0.15) is 19.3 Å². The van der Waals surface area contributed by atoms with Crippen LogP contribution in [0, 0.1) is 5.92 Å². The number of allylic oxidation sites excluding steroid dienone is 3. The van der Waals surface area contributed by atoms with Gasteiger partial charge in [-0.15, -0.1) is 0 Å². The summed E-state index contributed by atoms with van der Waals surface area (Å²) in [4.78, 5) is 11.2. The van der Waals surface area contributed by atoms with E-state index < -0.39 is 0 Å². The molecule has 2 heteroatoms. The fraction of sp³-hybridized carbons (Fsp3) is 0.500. The minimum Gasteiger partial charge on any atom is -0.356 e. The van der Waals surface area contributed by atoms with E-state index in [1.165, 1.54) is 5.57 Å². The summed E-state index contributed by atoms with van der Waals surface area (Å²) in [7, 11) is 0. The standard InChI is InChI=1S/C10H13NO/c12-10-7-9-4-2-1-3-8(9)5-6-11-10/h1-2,4,8H,3,5-7H2,(H,11,12). The van der Waals surface area contributed by atoms with Gasteiger partial charge in [-0.2, -0.15) is 0 Å². The summed E-state index contributed by atoms with van der Waals surface area (Å²) in [6, 6.07) is 0. The van der Waals surface area contributed by atoms with Crippen molar-refractivity contribution in [2.75, 3.05) is 6.54 Å². The second kappa shape index (κ2) is 3.13. The zero-order chi connectivity index (χ0) is 8.39. The topological polar surface area (TPSA) is 29.1 Å². The molecule has 0 aromatic heterocycles. The Morgan fingerprint density at radius 3 is 3.33 bits per heavy atom. The second-order valence-corrected chi connectivity index (χ2v) is 3.42. The van der Waals surface area contributed by atoms with Crippen LogP contribution in [0.5, 0.6) is 0 Å². The van der Waals surface area contributed by atoms with Crippen molar-refractivity contribution in [3.8, 4) is 0 Å². The van der Waals surface area contributed by atoms with E-state index in [2.05, 4.69) is 23.5 Å². The Morgan fingerprint density at radius 2 is 2.42 bits per heavy atom. The average molecular weight is 163 g/mol. The van der Waals surface area contributed by atoms with Gasteiger partial charge in [-0.3, -0.25) is 4.79 Å². The summed E-state index contributed by atoms with van der Waals surface area (Å²) in [5.74, 6) is 0.799. The fourth-order valence-electron chi connectivity index (χ4n) is 1.86. The molecule has 64 valence electrons. The Balaban J connectivity index is 2.18. The fourth-order valence-corrected chi connectivity index (χ4v) is 1.86. The van der Waals surface area contributed by atoms with Crippen molar-refractivity contribution in [2.45, 2.75) is 19.3 Å². The van der Waals surface area contributed by atoms with Crippen LogP contribution in [0.15, 0.2) is 23.8 Å². The Labute approximate surface area is 72.3 Å². The number of fused-ring (bicyclic) bond motifs is 1. The predicted molar refractivity (Wildman–Crippen MR) is 47.6 cm³/mol. The maximum absolute atomic E-state index is 11.2. The molecule has 1 aliphatic carbocycles. The van der Waals surface area contributed by atoms with Crippen molar-refractivity contribution in [2.24, 2.45) is 5.92 Å². The van der Waals surface area contributed by atoms with Gasteiger partial charge in [0, 0.05) is 13.0 Å². The summed E-state index contributed by atoms with van der Waals surface area (Å²) in [5, 5.41) is 2.89. The van der Waals surface area contributed by atoms with Crippen molar-refractivity contribution in [3.05, 3.63) is 23.8 Å². The number of nitrogens with one attached hydrogen (secondary N) is 1. The summed E-state index contributed by atoms with van der Waals surface area (Å²) in [6.45, 7) is 0.842. The van der Waals surface area contributed by atoms with E-state index >= 15 is 0 Å². The normalized spacial score (nSPS) is 28.5. The molecule has 0 saturated carbocycles. The third kappa shape index (κ3) is 1.42. The third-order valence-corrected chi connectivity index (χ3v) is 2.57. The summed E-state index contributed by atoms with van der Waals surface area (Å²) in [6.07, 6.45) is 9.16. The number of hydrogen-bond acceptors (Lipinski definition) is 1. The second-order valence-electron chi connectivity index (χ2n) is 3.42. The van der Waals surface area contributed by atoms with Gasteiger partial charge in [-0.05, 0) is 18.8 Å². The van der Waals surface area contributed by atoms with Crippen molar-refractivity contribution in [1.82, 2.24) is 5.32 Å². The molecule has 1 aliphatic heterocycles. The van der Waals surface area contributed by atoms with Gasteiger partial charge in [0.25, 0.3) is 0 Å². The minimum absolute atomic E-state index is 0.180. The Morgan fingerprint density at radius 1 is 1.50 bits per heavy atom. The zero-order valence-corrected chi connectivity index (χ0v) is 7.05. The summed E-state index contributed by atoms with van der Waals surface area (Å²) in [5.41, 5.74) is 1.31. The Bertz CT molecular complexity index is 253. The van der Waals surface area contributed by atoms with Gasteiger partial charge in [0.2, 0.25) is 5.91 Å². The van der Waals surface area contributed by atoms with Crippen LogP contribution in [0.25, 0.3) is 0 Å². The SMILES string of the molecule is O=C1CC2=CC=CCC2CCN1. The molecule has 0 aromatic carbocycles. The van der Waals surface area contributed by atoms with E-state index in [4.69, 9.17) is 0 Å². The van der Waals surface area contributed by atoms with Gasteiger partial charge < -0.3 is 5.32 Å². The van der Waals surface area contributed by atoms with Crippen LogP contribution in [0.3, 0.4) is 0 Å². The monoisotopic (exact) mass is 163 g/mol. The Hall–Kier alpha value is -1.05. The van der Waals surface area contributed by atoms with Gasteiger partial charge in [-0.25, -0.2) is 0 Å². The number of carbonyl (C=O) groups excluding carboxylic acids is 1. The van der Waals surface area contributed by atoms with Crippen LogP contribution in [-0.2, 0) is 4.79 Å². The van der Waals surface area contributed by atoms with Crippen LogP contribution in [0.4, 0.5) is 0 Å². The van der Waals surface area contributed by atoms with Crippen LogP contribution in [0.2, 0.25) is 0 Å². The maximum Gasteiger partial charge on any atom is 0.224 e. The molecule has 0 aromatic rings. The quantitative estimate of drug-likeness (QED) is 0.574. The highest BCUT2D eigenvalue weighted by Crippen LogP contribution is 2.27. The number of hydrogen-bond donors (Lipinski definition) is 1. The molecule has 0 spiro atoms. The lowest BCUT2D eigenvalue weighted by Crippen LogP contribution is -2.21. The molecular weight excluding hydrogens is 150 g/mol. The molecule has 2 rings (SSSR count). The first-order valence-electron chi connectivity index (χ1n) is 4.48.